The molecule has 30 heavy (non-hydrogen) atoms. The fourth-order valence-corrected chi connectivity index (χ4v) is 3.28. The van der Waals surface area contributed by atoms with E-state index in [-0.39, 0.29) is 17.4 Å². The van der Waals surface area contributed by atoms with E-state index >= 15 is 0 Å². The van der Waals surface area contributed by atoms with Gasteiger partial charge in [-0.3, -0.25) is 14.6 Å². The molecule has 1 unspecified atom stereocenters. The summed E-state index contributed by atoms with van der Waals surface area (Å²) in [5.41, 5.74) is 3.62. The molecule has 1 heterocycles. The number of benzene rings is 2. The summed E-state index contributed by atoms with van der Waals surface area (Å²) >= 11 is 0. The van der Waals surface area contributed by atoms with Crippen molar-refractivity contribution in [2.45, 2.75) is 13.0 Å². The molecule has 6 heteroatoms. The molecule has 4 aromatic rings. The Morgan fingerprint density at radius 1 is 0.900 bits per heavy atom. The predicted octanol–water partition coefficient (Wildman–Crippen LogP) is 4.13. The minimum absolute atomic E-state index is 0.203. The Hall–Kier alpha value is -4.24. The van der Waals surface area contributed by atoms with Crippen molar-refractivity contribution in [1.82, 2.24) is 4.98 Å². The first-order chi connectivity index (χ1) is 14.6. The van der Waals surface area contributed by atoms with Crippen LogP contribution in [0.3, 0.4) is 0 Å². The summed E-state index contributed by atoms with van der Waals surface area (Å²) in [6, 6.07) is 20.7. The SMILES string of the molecule is CC(Nc1c(Nc2ccncc2)c(=O)c1=O)c1cccc(-c2cccc(C#N)c2)c1. The predicted molar refractivity (Wildman–Crippen MR) is 118 cm³/mol. The van der Waals surface area contributed by atoms with E-state index in [0.717, 1.165) is 16.7 Å². The van der Waals surface area contributed by atoms with Crippen LogP contribution in [-0.4, -0.2) is 4.98 Å². The first-order valence-corrected chi connectivity index (χ1v) is 9.44. The van der Waals surface area contributed by atoms with Crippen molar-refractivity contribution in [1.29, 1.82) is 5.26 Å². The molecule has 0 radical (unpaired) electrons. The van der Waals surface area contributed by atoms with Crippen molar-refractivity contribution in [3.8, 4) is 17.2 Å². The molecule has 0 aliphatic heterocycles. The maximum Gasteiger partial charge on any atom is 0.253 e. The fourth-order valence-electron chi connectivity index (χ4n) is 3.28. The van der Waals surface area contributed by atoms with Crippen molar-refractivity contribution in [3.63, 3.8) is 0 Å². The van der Waals surface area contributed by atoms with Crippen LogP contribution in [0.5, 0.6) is 0 Å². The number of pyridine rings is 1. The van der Waals surface area contributed by atoms with Crippen LogP contribution in [-0.2, 0) is 0 Å². The van der Waals surface area contributed by atoms with Crippen LogP contribution >= 0.6 is 0 Å². The summed E-state index contributed by atoms with van der Waals surface area (Å²) in [6.07, 6.45) is 3.22. The molecule has 0 aliphatic rings. The van der Waals surface area contributed by atoms with Gasteiger partial charge in [0, 0.05) is 24.1 Å². The number of nitrogens with one attached hydrogen (secondary N) is 2. The van der Waals surface area contributed by atoms with Gasteiger partial charge in [0.15, 0.2) is 0 Å². The lowest BCUT2D eigenvalue weighted by Gasteiger charge is -2.20. The van der Waals surface area contributed by atoms with Gasteiger partial charge in [-0.05, 0) is 53.9 Å². The molecular weight excluding hydrogens is 376 g/mol. The molecule has 0 bridgehead atoms. The third kappa shape index (κ3) is 3.69. The maximum absolute atomic E-state index is 12.1. The molecule has 0 fully saturated rings. The largest absolute Gasteiger partial charge is 0.373 e. The Labute approximate surface area is 173 Å². The lowest BCUT2D eigenvalue weighted by Crippen LogP contribution is -2.37. The van der Waals surface area contributed by atoms with E-state index in [9.17, 15) is 9.59 Å². The van der Waals surface area contributed by atoms with Gasteiger partial charge in [-0.2, -0.15) is 5.26 Å². The van der Waals surface area contributed by atoms with E-state index in [0.29, 0.717) is 11.3 Å². The van der Waals surface area contributed by atoms with Crippen LogP contribution in [0.1, 0.15) is 24.1 Å². The van der Waals surface area contributed by atoms with Crippen molar-refractivity contribution in [2.24, 2.45) is 0 Å². The van der Waals surface area contributed by atoms with Gasteiger partial charge in [-0.1, -0.05) is 30.3 Å². The molecule has 0 saturated carbocycles. The minimum atomic E-state index is -0.538. The van der Waals surface area contributed by atoms with Gasteiger partial charge in [0.05, 0.1) is 11.6 Å². The number of nitriles is 1. The summed E-state index contributed by atoms with van der Waals surface area (Å²) in [7, 11) is 0. The van der Waals surface area contributed by atoms with Gasteiger partial charge < -0.3 is 10.6 Å². The smallest absolute Gasteiger partial charge is 0.253 e. The second-order valence-corrected chi connectivity index (χ2v) is 6.95. The Morgan fingerprint density at radius 2 is 1.57 bits per heavy atom. The Balaban J connectivity index is 1.58. The van der Waals surface area contributed by atoms with Crippen LogP contribution in [0.2, 0.25) is 0 Å². The molecule has 1 atom stereocenters. The minimum Gasteiger partial charge on any atom is -0.373 e. The average Bonchev–Trinajstić information content (AvgIpc) is 2.81. The maximum atomic E-state index is 12.1. The number of anilines is 3. The molecule has 3 aromatic carbocycles. The topological polar surface area (TPSA) is 94.9 Å². The van der Waals surface area contributed by atoms with Gasteiger partial charge in [0.1, 0.15) is 11.4 Å². The van der Waals surface area contributed by atoms with Gasteiger partial charge >= 0.3 is 0 Å². The summed E-state index contributed by atoms with van der Waals surface area (Å²) in [5, 5.41) is 15.3. The Morgan fingerprint density at radius 3 is 2.30 bits per heavy atom. The average molecular weight is 394 g/mol. The fraction of sp³-hybridized carbons (Fsp3) is 0.0833. The molecule has 1 aromatic heterocycles. The standard InChI is InChI=1S/C24H18N4O2/c1-15(17-5-3-7-19(13-17)18-6-2-4-16(12-18)14-25)27-21-22(24(30)23(21)29)28-20-8-10-26-11-9-20/h2-13,15,27H,1H3,(H,26,28). The summed E-state index contributed by atoms with van der Waals surface area (Å²) < 4.78 is 0. The summed E-state index contributed by atoms with van der Waals surface area (Å²) in [4.78, 5) is 28.1. The van der Waals surface area contributed by atoms with E-state index in [2.05, 4.69) is 21.7 Å². The van der Waals surface area contributed by atoms with Crippen molar-refractivity contribution in [3.05, 3.63) is 105 Å². The monoisotopic (exact) mass is 394 g/mol. The molecule has 0 aliphatic carbocycles. The van der Waals surface area contributed by atoms with Crippen LogP contribution in [0, 0.1) is 11.3 Å². The molecule has 0 spiro atoms. The molecule has 2 N–H and O–H groups in total. The molecule has 0 amide bonds. The third-order valence-corrected chi connectivity index (χ3v) is 4.93. The highest BCUT2D eigenvalue weighted by Gasteiger charge is 2.23. The highest BCUT2D eigenvalue weighted by atomic mass is 16.2. The van der Waals surface area contributed by atoms with E-state index in [1.807, 2.05) is 49.4 Å². The number of rotatable bonds is 6. The van der Waals surface area contributed by atoms with Crippen LogP contribution in [0.25, 0.3) is 11.1 Å². The zero-order valence-electron chi connectivity index (χ0n) is 16.2. The Bertz CT molecular complexity index is 1320. The van der Waals surface area contributed by atoms with E-state index in [1.54, 1.807) is 30.6 Å². The van der Waals surface area contributed by atoms with Gasteiger partial charge in [0.25, 0.3) is 10.9 Å². The zero-order valence-corrected chi connectivity index (χ0v) is 16.2. The lowest BCUT2D eigenvalue weighted by atomic mass is 9.98. The van der Waals surface area contributed by atoms with E-state index in [1.165, 1.54) is 0 Å². The lowest BCUT2D eigenvalue weighted by molar-refractivity contribution is 0.880. The van der Waals surface area contributed by atoms with Crippen LogP contribution in [0.15, 0.2) is 82.6 Å². The molecule has 6 nitrogen and oxygen atoms in total. The van der Waals surface area contributed by atoms with Gasteiger partial charge in [-0.15, -0.1) is 0 Å². The Kier molecular flexibility index (Phi) is 5.10. The molecule has 146 valence electrons. The third-order valence-electron chi connectivity index (χ3n) is 4.93. The van der Waals surface area contributed by atoms with Crippen molar-refractivity contribution < 1.29 is 0 Å². The van der Waals surface area contributed by atoms with Crippen LogP contribution in [0.4, 0.5) is 17.1 Å². The normalized spacial score (nSPS) is 11.6. The molecular formula is C24H18N4O2. The van der Waals surface area contributed by atoms with Gasteiger partial charge in [-0.25, -0.2) is 0 Å². The number of hydrogen-bond donors (Lipinski definition) is 2. The molecule has 4 rings (SSSR count). The second-order valence-electron chi connectivity index (χ2n) is 6.95. The summed E-state index contributed by atoms with van der Waals surface area (Å²) in [5.74, 6) is 0. The van der Waals surface area contributed by atoms with E-state index < -0.39 is 10.9 Å². The quantitative estimate of drug-likeness (QED) is 0.478. The first kappa shape index (κ1) is 19.1. The van der Waals surface area contributed by atoms with E-state index in [4.69, 9.17) is 5.26 Å². The summed E-state index contributed by atoms with van der Waals surface area (Å²) in [6.45, 7) is 1.93. The highest BCUT2D eigenvalue weighted by molar-refractivity contribution is 5.79. The first-order valence-electron chi connectivity index (χ1n) is 9.44. The highest BCUT2D eigenvalue weighted by Crippen LogP contribution is 2.28. The van der Waals surface area contributed by atoms with Crippen LogP contribution < -0.4 is 21.5 Å². The number of hydrogen-bond acceptors (Lipinski definition) is 6. The zero-order chi connectivity index (χ0) is 21.1. The second kappa shape index (κ2) is 8.02. The van der Waals surface area contributed by atoms with Gasteiger partial charge in [0.2, 0.25) is 0 Å². The van der Waals surface area contributed by atoms with Crippen molar-refractivity contribution in [2.75, 3.05) is 10.6 Å². The molecule has 0 saturated heterocycles. The number of nitrogens with zero attached hydrogens (tertiary/aromatic N) is 2. The number of aromatic nitrogens is 1. The van der Waals surface area contributed by atoms with Crippen molar-refractivity contribution >= 4 is 17.1 Å².